The number of anilines is 1. The molecule has 0 spiro atoms. The number of nitrogen functional groups attached to an aromatic ring is 1. The van der Waals surface area contributed by atoms with Crippen molar-refractivity contribution in [3.05, 3.63) is 29.8 Å². The number of amides is 1. The van der Waals surface area contributed by atoms with E-state index < -0.39 is 0 Å². The Morgan fingerprint density at radius 1 is 1.39 bits per heavy atom. The van der Waals surface area contributed by atoms with E-state index in [4.69, 9.17) is 11.5 Å². The van der Waals surface area contributed by atoms with Crippen LogP contribution < -0.4 is 11.5 Å². The molecule has 4 nitrogen and oxygen atoms in total. The predicted molar refractivity (Wildman–Crippen MR) is 75.6 cm³/mol. The first-order valence-corrected chi connectivity index (χ1v) is 7.11. The van der Waals surface area contributed by atoms with Crippen molar-refractivity contribution in [3.8, 4) is 0 Å². The number of nitrogens with zero attached hydrogens (tertiary/aromatic N) is 1. The van der Waals surface area contributed by atoms with Gasteiger partial charge in [0.25, 0.3) is 0 Å². The fraction of sp³-hybridized carbons (Fsp3) is 0.462. The van der Waals surface area contributed by atoms with E-state index >= 15 is 0 Å². The maximum atomic E-state index is 11.1. The van der Waals surface area contributed by atoms with Gasteiger partial charge in [0, 0.05) is 30.4 Å². The highest BCUT2D eigenvalue weighted by Gasteiger charge is 2.23. The molecule has 0 atom stereocenters. The third-order valence-electron chi connectivity index (χ3n) is 3.22. The Hall–Kier alpha value is -1.20. The van der Waals surface area contributed by atoms with E-state index in [0.717, 1.165) is 37.4 Å². The summed E-state index contributed by atoms with van der Waals surface area (Å²) in [6, 6.07) is 7.96. The Kier molecular flexibility index (Phi) is 4.49. The molecule has 0 aliphatic carbocycles. The van der Waals surface area contributed by atoms with Crippen LogP contribution in [-0.4, -0.2) is 23.3 Å². The van der Waals surface area contributed by atoms with Crippen molar-refractivity contribution in [1.29, 1.82) is 0 Å². The molecule has 1 aliphatic rings. The van der Waals surface area contributed by atoms with Crippen LogP contribution in [0.4, 0.5) is 5.69 Å². The van der Waals surface area contributed by atoms with Crippen LogP contribution in [0.3, 0.4) is 0 Å². The number of carbonyl (C=O) groups excluding carboxylic acids is 1. The lowest BCUT2D eigenvalue weighted by Gasteiger charge is -2.29. The summed E-state index contributed by atoms with van der Waals surface area (Å²) in [6.07, 6.45) is 1.75. The summed E-state index contributed by atoms with van der Waals surface area (Å²) in [7, 11) is 0. The molecule has 4 N–H and O–H groups in total. The predicted octanol–water partition coefficient (Wildman–Crippen LogP) is 1.61. The molecule has 1 saturated heterocycles. The third kappa shape index (κ3) is 3.65. The van der Waals surface area contributed by atoms with E-state index in [0.29, 0.717) is 0 Å². The Bertz CT molecular complexity index is 416. The molecule has 1 amide bonds. The molecular formula is C13H19N3OS. The molecule has 98 valence electrons. The van der Waals surface area contributed by atoms with E-state index in [9.17, 15) is 4.79 Å². The lowest BCUT2D eigenvalue weighted by molar-refractivity contribution is -0.122. The molecule has 5 heteroatoms. The average molecular weight is 265 g/mol. The minimum atomic E-state index is -0.157. The van der Waals surface area contributed by atoms with Crippen molar-refractivity contribution in [2.45, 2.75) is 18.6 Å². The fourth-order valence-electron chi connectivity index (χ4n) is 2.12. The van der Waals surface area contributed by atoms with Gasteiger partial charge in [-0.05, 0) is 30.5 Å². The summed E-state index contributed by atoms with van der Waals surface area (Å²) in [5.41, 5.74) is 13.1. The zero-order chi connectivity index (χ0) is 13.0. The van der Waals surface area contributed by atoms with E-state index in [2.05, 4.69) is 10.4 Å². The minimum Gasteiger partial charge on any atom is -0.399 e. The highest BCUT2D eigenvalue weighted by atomic mass is 32.2. The molecule has 0 radical (unpaired) electrons. The second kappa shape index (κ2) is 6.11. The number of nitrogens with two attached hydrogens (primary N) is 2. The Balaban J connectivity index is 1.77. The molecule has 0 aromatic heterocycles. The van der Waals surface area contributed by atoms with Crippen molar-refractivity contribution >= 4 is 23.5 Å². The highest BCUT2D eigenvalue weighted by molar-refractivity contribution is 7.96. The van der Waals surface area contributed by atoms with Crippen LogP contribution >= 0.6 is 11.9 Å². The molecule has 18 heavy (non-hydrogen) atoms. The number of hydrogen-bond donors (Lipinski definition) is 2. The van der Waals surface area contributed by atoms with E-state index in [-0.39, 0.29) is 11.8 Å². The van der Waals surface area contributed by atoms with Gasteiger partial charge in [-0.1, -0.05) is 24.1 Å². The lowest BCUT2D eigenvalue weighted by Crippen LogP contribution is -2.35. The second-order valence-electron chi connectivity index (χ2n) is 4.62. The van der Waals surface area contributed by atoms with Crippen molar-refractivity contribution < 1.29 is 4.79 Å². The number of rotatable bonds is 4. The highest BCUT2D eigenvalue weighted by Crippen LogP contribution is 2.25. The quantitative estimate of drug-likeness (QED) is 0.641. The maximum absolute atomic E-state index is 11.1. The Morgan fingerprint density at radius 3 is 2.72 bits per heavy atom. The molecule has 1 heterocycles. The van der Waals surface area contributed by atoms with Crippen molar-refractivity contribution in [2.24, 2.45) is 11.7 Å². The minimum absolute atomic E-state index is 0.0641. The molecular weight excluding hydrogens is 246 g/mol. The average Bonchev–Trinajstić information content (AvgIpc) is 2.37. The lowest BCUT2D eigenvalue weighted by atomic mass is 9.98. The summed E-state index contributed by atoms with van der Waals surface area (Å²) in [5, 5.41) is 0. The standard InChI is InChI=1S/C13H19N3OS/c14-12-3-1-2-10(8-12)9-18-16-6-4-11(5-7-16)13(15)17/h1-3,8,11H,4-7,9,14H2,(H2,15,17). The van der Waals surface area contributed by atoms with Crippen LogP contribution in [0.15, 0.2) is 24.3 Å². The van der Waals surface area contributed by atoms with Gasteiger partial charge in [-0.25, -0.2) is 0 Å². The van der Waals surface area contributed by atoms with Crippen molar-refractivity contribution in [2.75, 3.05) is 18.8 Å². The molecule has 1 aliphatic heterocycles. The fourth-order valence-corrected chi connectivity index (χ4v) is 3.10. The van der Waals surface area contributed by atoms with E-state index in [1.807, 2.05) is 18.2 Å². The summed E-state index contributed by atoms with van der Waals surface area (Å²) in [4.78, 5) is 11.1. The first kappa shape index (κ1) is 13.2. The van der Waals surface area contributed by atoms with Gasteiger partial charge in [-0.2, -0.15) is 0 Å². The van der Waals surface area contributed by atoms with Gasteiger partial charge in [0.15, 0.2) is 0 Å². The Labute approximate surface area is 112 Å². The maximum Gasteiger partial charge on any atom is 0.220 e. The number of carbonyl (C=O) groups is 1. The van der Waals surface area contributed by atoms with Gasteiger partial charge >= 0.3 is 0 Å². The zero-order valence-corrected chi connectivity index (χ0v) is 11.2. The van der Waals surface area contributed by atoms with E-state index in [1.165, 1.54) is 5.56 Å². The van der Waals surface area contributed by atoms with Gasteiger partial charge in [-0.3, -0.25) is 9.10 Å². The number of hydrogen-bond acceptors (Lipinski definition) is 4. The number of primary amides is 1. The smallest absolute Gasteiger partial charge is 0.220 e. The van der Waals surface area contributed by atoms with Crippen LogP contribution in [0.25, 0.3) is 0 Å². The summed E-state index contributed by atoms with van der Waals surface area (Å²) >= 11 is 1.80. The van der Waals surface area contributed by atoms with Crippen LogP contribution in [0.2, 0.25) is 0 Å². The summed E-state index contributed by atoms with van der Waals surface area (Å²) in [5.74, 6) is 0.830. The van der Waals surface area contributed by atoms with Crippen LogP contribution in [0, 0.1) is 5.92 Å². The number of piperidine rings is 1. The molecule has 1 fully saturated rings. The van der Waals surface area contributed by atoms with Gasteiger partial charge in [0.05, 0.1) is 0 Å². The molecule has 2 rings (SSSR count). The first-order valence-electron chi connectivity index (χ1n) is 6.17. The van der Waals surface area contributed by atoms with Gasteiger partial charge < -0.3 is 11.5 Å². The van der Waals surface area contributed by atoms with Crippen LogP contribution in [0.1, 0.15) is 18.4 Å². The second-order valence-corrected chi connectivity index (χ2v) is 5.69. The first-order chi connectivity index (χ1) is 8.65. The zero-order valence-electron chi connectivity index (χ0n) is 10.3. The Morgan fingerprint density at radius 2 is 2.11 bits per heavy atom. The molecule has 0 bridgehead atoms. The van der Waals surface area contributed by atoms with Crippen molar-refractivity contribution in [3.63, 3.8) is 0 Å². The summed E-state index contributed by atoms with van der Waals surface area (Å²) in [6.45, 7) is 1.86. The topological polar surface area (TPSA) is 72.4 Å². The van der Waals surface area contributed by atoms with Gasteiger partial charge in [-0.15, -0.1) is 0 Å². The van der Waals surface area contributed by atoms with Crippen molar-refractivity contribution in [1.82, 2.24) is 4.31 Å². The molecule has 1 aromatic rings. The molecule has 1 aromatic carbocycles. The molecule has 0 saturated carbocycles. The van der Waals surface area contributed by atoms with E-state index in [1.54, 1.807) is 11.9 Å². The SMILES string of the molecule is NC(=O)C1CCN(SCc2cccc(N)c2)CC1. The van der Waals surface area contributed by atoms with Gasteiger partial charge in [0.1, 0.15) is 0 Å². The van der Waals surface area contributed by atoms with Gasteiger partial charge in [0.2, 0.25) is 5.91 Å². The third-order valence-corrected chi connectivity index (χ3v) is 4.41. The monoisotopic (exact) mass is 265 g/mol. The molecule has 0 unspecified atom stereocenters. The van der Waals surface area contributed by atoms with Crippen LogP contribution in [0.5, 0.6) is 0 Å². The van der Waals surface area contributed by atoms with Crippen LogP contribution in [-0.2, 0) is 10.5 Å². The largest absolute Gasteiger partial charge is 0.399 e. The summed E-state index contributed by atoms with van der Waals surface area (Å²) < 4.78 is 2.31. The normalized spacial score (nSPS) is 17.8. The number of benzene rings is 1.